The number of halogens is 2. The Balaban J connectivity index is 2.70. The van der Waals surface area contributed by atoms with Gasteiger partial charge < -0.3 is 15.2 Å². The molecule has 15 heavy (non-hydrogen) atoms. The van der Waals surface area contributed by atoms with Gasteiger partial charge in [0.2, 0.25) is 0 Å². The molecule has 0 aliphatic carbocycles. The summed E-state index contributed by atoms with van der Waals surface area (Å²) < 4.78 is 23.1. The predicted molar refractivity (Wildman–Crippen MR) is 56.8 cm³/mol. The van der Waals surface area contributed by atoms with Gasteiger partial charge in [0, 0.05) is 13.7 Å². The van der Waals surface area contributed by atoms with Gasteiger partial charge in [-0.05, 0) is 18.2 Å². The van der Waals surface area contributed by atoms with Gasteiger partial charge in [0.1, 0.15) is 17.7 Å². The zero-order valence-corrected chi connectivity index (χ0v) is 9.13. The summed E-state index contributed by atoms with van der Waals surface area (Å²) in [6, 6.07) is 3.94. The van der Waals surface area contributed by atoms with E-state index in [9.17, 15) is 4.39 Å². The summed E-state index contributed by atoms with van der Waals surface area (Å²) in [5.41, 5.74) is 5.46. The molecule has 1 atom stereocenters. The van der Waals surface area contributed by atoms with Crippen molar-refractivity contribution in [3.05, 3.63) is 29.0 Å². The molecule has 5 heteroatoms. The van der Waals surface area contributed by atoms with Crippen LogP contribution in [0.25, 0.3) is 0 Å². The fourth-order valence-corrected chi connectivity index (χ4v) is 1.30. The Labute approximate surface area is 92.9 Å². The van der Waals surface area contributed by atoms with Crippen LogP contribution in [0, 0.1) is 5.82 Å². The molecule has 84 valence electrons. The van der Waals surface area contributed by atoms with Crippen molar-refractivity contribution in [1.29, 1.82) is 0 Å². The highest BCUT2D eigenvalue weighted by atomic mass is 35.5. The molecule has 0 aliphatic rings. The second-order valence-corrected chi connectivity index (χ2v) is 3.41. The van der Waals surface area contributed by atoms with Crippen LogP contribution in [0.5, 0.6) is 5.75 Å². The summed E-state index contributed by atoms with van der Waals surface area (Å²) in [5, 5.41) is 0.226. The molecule has 0 radical (unpaired) electrons. The van der Waals surface area contributed by atoms with Gasteiger partial charge in [-0.2, -0.15) is 0 Å². The van der Waals surface area contributed by atoms with Gasteiger partial charge in [-0.25, -0.2) is 4.39 Å². The summed E-state index contributed by atoms with van der Waals surface area (Å²) in [5.74, 6) is 0.00829. The Morgan fingerprint density at radius 1 is 1.53 bits per heavy atom. The second-order valence-electron chi connectivity index (χ2n) is 3.01. The predicted octanol–water partition coefficient (Wildman–Crippen LogP) is 1.83. The van der Waals surface area contributed by atoms with E-state index < -0.39 is 5.82 Å². The molecule has 1 rings (SSSR count). The van der Waals surface area contributed by atoms with Crippen LogP contribution in [-0.4, -0.2) is 26.4 Å². The van der Waals surface area contributed by atoms with Gasteiger partial charge in [-0.15, -0.1) is 0 Å². The van der Waals surface area contributed by atoms with Gasteiger partial charge in [-0.3, -0.25) is 0 Å². The minimum absolute atomic E-state index is 0.226. The first-order valence-electron chi connectivity index (χ1n) is 4.48. The van der Waals surface area contributed by atoms with E-state index in [0.717, 1.165) is 0 Å². The van der Waals surface area contributed by atoms with E-state index >= 15 is 0 Å². The van der Waals surface area contributed by atoms with E-state index in [1.165, 1.54) is 18.2 Å². The number of methoxy groups -OCH3 is 1. The summed E-state index contributed by atoms with van der Waals surface area (Å²) in [4.78, 5) is 0. The van der Waals surface area contributed by atoms with Crippen molar-refractivity contribution in [2.45, 2.75) is 6.10 Å². The van der Waals surface area contributed by atoms with Crippen molar-refractivity contribution in [1.82, 2.24) is 0 Å². The third kappa shape index (κ3) is 3.66. The first-order valence-corrected chi connectivity index (χ1v) is 4.86. The van der Waals surface area contributed by atoms with Gasteiger partial charge in [0.25, 0.3) is 0 Å². The number of rotatable bonds is 5. The van der Waals surface area contributed by atoms with Crippen LogP contribution in [-0.2, 0) is 4.74 Å². The van der Waals surface area contributed by atoms with Crippen molar-refractivity contribution in [2.75, 3.05) is 20.3 Å². The van der Waals surface area contributed by atoms with Gasteiger partial charge in [0.05, 0.1) is 11.6 Å². The van der Waals surface area contributed by atoms with Crippen LogP contribution < -0.4 is 10.5 Å². The minimum atomic E-state index is -0.400. The van der Waals surface area contributed by atoms with Crippen molar-refractivity contribution >= 4 is 11.6 Å². The molecule has 0 heterocycles. The lowest BCUT2D eigenvalue weighted by molar-refractivity contribution is 0.0860. The fourth-order valence-electron chi connectivity index (χ4n) is 1.09. The first kappa shape index (κ1) is 12.2. The van der Waals surface area contributed by atoms with E-state index in [1.54, 1.807) is 7.11 Å². The third-order valence-electron chi connectivity index (χ3n) is 1.80. The molecule has 0 bridgehead atoms. The largest absolute Gasteiger partial charge is 0.485 e. The molecule has 3 nitrogen and oxygen atoms in total. The fraction of sp³-hybridized carbons (Fsp3) is 0.400. The molecular weight excluding hydrogens is 221 g/mol. The Hall–Kier alpha value is -0.840. The van der Waals surface area contributed by atoms with Gasteiger partial charge in [0.15, 0.2) is 0 Å². The lowest BCUT2D eigenvalue weighted by Crippen LogP contribution is -2.31. The minimum Gasteiger partial charge on any atom is -0.485 e. The zero-order valence-electron chi connectivity index (χ0n) is 8.37. The number of hydrogen-bond donors (Lipinski definition) is 1. The lowest BCUT2D eigenvalue weighted by atomic mass is 10.3. The number of ether oxygens (including phenoxy) is 2. The molecular formula is C10H13ClFNO2. The number of hydrogen-bond acceptors (Lipinski definition) is 3. The summed E-state index contributed by atoms with van der Waals surface area (Å²) in [6.07, 6.45) is -0.280. The van der Waals surface area contributed by atoms with Crippen molar-refractivity contribution in [2.24, 2.45) is 5.73 Å². The SMILES string of the molecule is COCC(CN)Oc1ccc(F)cc1Cl. The van der Waals surface area contributed by atoms with Crippen LogP contribution in [0.4, 0.5) is 4.39 Å². The molecule has 0 saturated heterocycles. The quantitative estimate of drug-likeness (QED) is 0.844. The molecule has 0 aliphatic heterocycles. The lowest BCUT2D eigenvalue weighted by Gasteiger charge is -2.17. The summed E-state index contributed by atoms with van der Waals surface area (Å²) in [6.45, 7) is 0.672. The molecule has 0 fully saturated rings. The Morgan fingerprint density at radius 3 is 2.80 bits per heavy atom. The highest BCUT2D eigenvalue weighted by molar-refractivity contribution is 6.32. The number of nitrogens with two attached hydrogens (primary N) is 1. The molecule has 1 aromatic carbocycles. The molecule has 2 N–H and O–H groups in total. The standard InChI is InChI=1S/C10H13ClFNO2/c1-14-6-8(5-13)15-10-3-2-7(12)4-9(10)11/h2-4,8H,5-6,13H2,1H3. The van der Waals surface area contributed by atoms with E-state index in [1.807, 2.05) is 0 Å². The number of benzene rings is 1. The maximum absolute atomic E-state index is 12.7. The van der Waals surface area contributed by atoms with E-state index in [-0.39, 0.29) is 11.1 Å². The van der Waals surface area contributed by atoms with Crippen molar-refractivity contribution in [3.8, 4) is 5.75 Å². The molecule has 1 aromatic rings. The van der Waals surface area contributed by atoms with Crippen LogP contribution in [0.3, 0.4) is 0 Å². The van der Waals surface area contributed by atoms with Crippen LogP contribution >= 0.6 is 11.6 Å². The average Bonchev–Trinajstić information content (AvgIpc) is 2.21. The Bertz CT molecular complexity index is 322. The molecule has 0 aromatic heterocycles. The third-order valence-corrected chi connectivity index (χ3v) is 2.10. The summed E-state index contributed by atoms with van der Waals surface area (Å²) in [7, 11) is 1.55. The van der Waals surface area contributed by atoms with Gasteiger partial charge >= 0.3 is 0 Å². The Morgan fingerprint density at radius 2 is 2.27 bits per heavy atom. The van der Waals surface area contributed by atoms with Crippen LogP contribution in [0.2, 0.25) is 5.02 Å². The van der Waals surface area contributed by atoms with Crippen LogP contribution in [0.15, 0.2) is 18.2 Å². The van der Waals surface area contributed by atoms with Crippen LogP contribution in [0.1, 0.15) is 0 Å². The zero-order chi connectivity index (χ0) is 11.3. The second kappa shape index (κ2) is 5.90. The topological polar surface area (TPSA) is 44.5 Å². The van der Waals surface area contributed by atoms with Gasteiger partial charge in [-0.1, -0.05) is 11.6 Å². The van der Waals surface area contributed by atoms with E-state index in [2.05, 4.69) is 0 Å². The molecule has 0 saturated carbocycles. The molecule has 0 spiro atoms. The maximum Gasteiger partial charge on any atom is 0.138 e. The highest BCUT2D eigenvalue weighted by Gasteiger charge is 2.10. The smallest absolute Gasteiger partial charge is 0.138 e. The average molecular weight is 234 g/mol. The molecule has 0 amide bonds. The molecule has 1 unspecified atom stereocenters. The summed E-state index contributed by atoms with van der Waals surface area (Å²) >= 11 is 5.78. The van der Waals surface area contributed by atoms with E-state index in [4.69, 9.17) is 26.8 Å². The first-order chi connectivity index (χ1) is 7.17. The highest BCUT2D eigenvalue weighted by Crippen LogP contribution is 2.25. The van der Waals surface area contributed by atoms with Crippen molar-refractivity contribution < 1.29 is 13.9 Å². The Kier molecular flexibility index (Phi) is 4.81. The van der Waals surface area contributed by atoms with E-state index in [0.29, 0.717) is 18.9 Å². The van der Waals surface area contributed by atoms with Crippen molar-refractivity contribution in [3.63, 3.8) is 0 Å². The normalized spacial score (nSPS) is 12.5. The monoisotopic (exact) mass is 233 g/mol. The maximum atomic E-state index is 12.7.